The number of carbonyl (C=O) groups is 1. The van der Waals surface area contributed by atoms with Gasteiger partial charge in [-0.1, -0.05) is 0 Å². The van der Waals surface area contributed by atoms with Crippen LogP contribution in [-0.4, -0.2) is 26.4 Å². The zero-order valence-corrected chi connectivity index (χ0v) is 4.33. The van der Waals surface area contributed by atoms with E-state index in [0.717, 1.165) is 6.20 Å². The molecule has 0 aromatic carbocycles. The Labute approximate surface area is 49.9 Å². The number of aromatic amines is 1. The Bertz CT molecular complexity index is 229. The summed E-state index contributed by atoms with van der Waals surface area (Å²) in [5.41, 5.74) is -0.282. The van der Waals surface area contributed by atoms with Crippen molar-refractivity contribution in [3.8, 4) is 5.75 Å². The van der Waals surface area contributed by atoms with Crippen LogP contribution in [0.2, 0.25) is 0 Å². The number of nitrogens with zero attached hydrogens (tertiary/aromatic N) is 1. The van der Waals surface area contributed by atoms with E-state index in [1.807, 2.05) is 0 Å². The number of aromatic nitrogens is 2. The van der Waals surface area contributed by atoms with E-state index in [4.69, 9.17) is 10.2 Å². The van der Waals surface area contributed by atoms with Crippen LogP contribution in [0, 0.1) is 0 Å². The summed E-state index contributed by atoms with van der Waals surface area (Å²) >= 11 is 0. The molecule has 0 aliphatic rings. The van der Waals surface area contributed by atoms with Gasteiger partial charge in [0.2, 0.25) is 0 Å². The van der Waals surface area contributed by atoms with Crippen LogP contribution in [0.1, 0.15) is 10.5 Å². The number of nitrogens with one attached hydrogen (secondary N) is 1. The highest BCUT2D eigenvalue weighted by Crippen LogP contribution is 2.10. The molecule has 0 spiro atoms. The fraction of sp³-hybridized carbons (Fsp3) is 0. The quantitative estimate of drug-likeness (QED) is 0.489. The first kappa shape index (κ1) is 5.61. The number of carboxylic acid groups (broad SMARTS) is 1. The molecule has 1 aromatic heterocycles. The first-order chi connectivity index (χ1) is 4.22. The van der Waals surface area contributed by atoms with Crippen LogP contribution in [0.4, 0.5) is 0 Å². The molecule has 9 heavy (non-hydrogen) atoms. The lowest BCUT2D eigenvalue weighted by Gasteiger charge is -1.84. The number of hydrogen-bond acceptors (Lipinski definition) is 3. The van der Waals surface area contributed by atoms with Crippen LogP contribution in [0.5, 0.6) is 5.75 Å². The Morgan fingerprint density at radius 3 is 2.67 bits per heavy atom. The first-order valence-corrected chi connectivity index (χ1v) is 2.17. The summed E-state index contributed by atoms with van der Waals surface area (Å²) in [6.45, 7) is 0. The van der Waals surface area contributed by atoms with Gasteiger partial charge in [0.1, 0.15) is 0 Å². The van der Waals surface area contributed by atoms with Crippen molar-refractivity contribution < 1.29 is 15.0 Å². The van der Waals surface area contributed by atoms with Gasteiger partial charge in [-0.25, -0.2) is 4.79 Å². The second-order valence-electron chi connectivity index (χ2n) is 1.44. The van der Waals surface area contributed by atoms with Gasteiger partial charge >= 0.3 is 5.97 Å². The van der Waals surface area contributed by atoms with E-state index in [2.05, 4.69) is 10.2 Å². The van der Waals surface area contributed by atoms with Gasteiger partial charge < -0.3 is 10.2 Å². The van der Waals surface area contributed by atoms with Crippen molar-refractivity contribution in [1.82, 2.24) is 10.2 Å². The topological polar surface area (TPSA) is 86.2 Å². The van der Waals surface area contributed by atoms with Crippen LogP contribution >= 0.6 is 0 Å². The third-order valence-corrected chi connectivity index (χ3v) is 0.833. The smallest absolute Gasteiger partial charge is 0.357 e. The van der Waals surface area contributed by atoms with Gasteiger partial charge in [0, 0.05) is 0 Å². The maximum absolute atomic E-state index is 10.1. The number of aromatic carboxylic acids is 1. The molecule has 0 radical (unpaired) electrons. The van der Waals surface area contributed by atoms with E-state index < -0.39 is 5.97 Å². The molecule has 1 rings (SSSR count). The average Bonchev–Trinajstić information content (AvgIpc) is 2.13. The average molecular weight is 128 g/mol. The second-order valence-corrected chi connectivity index (χ2v) is 1.44. The van der Waals surface area contributed by atoms with Crippen LogP contribution < -0.4 is 0 Å². The predicted molar refractivity (Wildman–Crippen MR) is 27.2 cm³/mol. The van der Waals surface area contributed by atoms with Gasteiger partial charge in [0.05, 0.1) is 6.20 Å². The van der Waals surface area contributed by atoms with Crippen molar-refractivity contribution >= 4 is 5.97 Å². The largest absolute Gasteiger partial charge is 0.504 e. The lowest BCUT2D eigenvalue weighted by atomic mass is 10.4. The molecule has 0 aliphatic heterocycles. The van der Waals surface area contributed by atoms with Gasteiger partial charge in [-0.05, 0) is 0 Å². The SMILES string of the molecule is O=C(O)c1[nH]ncc1O. The molecule has 5 nitrogen and oxygen atoms in total. The molecule has 1 heterocycles. The van der Waals surface area contributed by atoms with Gasteiger partial charge in [0.15, 0.2) is 11.4 Å². The number of H-pyrrole nitrogens is 1. The zero-order valence-electron chi connectivity index (χ0n) is 4.33. The van der Waals surface area contributed by atoms with Gasteiger partial charge in [0.25, 0.3) is 0 Å². The summed E-state index contributed by atoms with van der Waals surface area (Å²) in [4.78, 5) is 10.1. The highest BCUT2D eigenvalue weighted by atomic mass is 16.4. The third kappa shape index (κ3) is 0.835. The fourth-order valence-corrected chi connectivity index (χ4v) is 0.437. The molecule has 5 heteroatoms. The number of aromatic hydroxyl groups is 1. The normalized spacial score (nSPS) is 9.33. The Balaban J connectivity index is 3.08. The minimum absolute atomic E-state index is 0.282. The molecule has 1 aromatic rings. The fourth-order valence-electron chi connectivity index (χ4n) is 0.437. The van der Waals surface area contributed by atoms with Crippen LogP contribution in [0.15, 0.2) is 6.20 Å². The van der Waals surface area contributed by atoms with Crippen LogP contribution in [0.25, 0.3) is 0 Å². The van der Waals surface area contributed by atoms with Crippen molar-refractivity contribution in [2.45, 2.75) is 0 Å². The molecule has 0 aliphatic carbocycles. The third-order valence-electron chi connectivity index (χ3n) is 0.833. The number of carboxylic acids is 1. The Hall–Kier alpha value is -1.52. The van der Waals surface area contributed by atoms with E-state index in [1.165, 1.54) is 0 Å². The molecule has 0 bridgehead atoms. The second kappa shape index (κ2) is 1.77. The molecule has 0 saturated carbocycles. The first-order valence-electron chi connectivity index (χ1n) is 2.17. The Kier molecular flexibility index (Phi) is 1.11. The summed E-state index contributed by atoms with van der Waals surface area (Å²) in [5.74, 6) is -1.56. The maximum atomic E-state index is 10.1. The van der Waals surface area contributed by atoms with Crippen LogP contribution in [0.3, 0.4) is 0 Å². The molecule has 0 unspecified atom stereocenters. The predicted octanol–water partition coefficient (Wildman–Crippen LogP) is -0.187. The summed E-state index contributed by atoms with van der Waals surface area (Å²) in [7, 11) is 0. The van der Waals surface area contributed by atoms with E-state index in [-0.39, 0.29) is 11.4 Å². The van der Waals surface area contributed by atoms with E-state index >= 15 is 0 Å². The Morgan fingerprint density at radius 2 is 2.44 bits per heavy atom. The monoisotopic (exact) mass is 128 g/mol. The molecule has 0 atom stereocenters. The zero-order chi connectivity index (χ0) is 6.85. The van der Waals surface area contributed by atoms with Crippen molar-refractivity contribution in [1.29, 1.82) is 0 Å². The standard InChI is InChI=1S/C4H4N2O3/c7-2-1-5-6-3(2)4(8)9/h1,7H,(H,5,6)(H,8,9). The number of rotatable bonds is 1. The van der Waals surface area contributed by atoms with Gasteiger partial charge in [-0.3, -0.25) is 5.10 Å². The van der Waals surface area contributed by atoms with Gasteiger partial charge in [-0.15, -0.1) is 0 Å². The molecular formula is C4H4N2O3. The van der Waals surface area contributed by atoms with E-state index in [0.29, 0.717) is 0 Å². The van der Waals surface area contributed by atoms with Crippen molar-refractivity contribution in [2.24, 2.45) is 0 Å². The van der Waals surface area contributed by atoms with Crippen molar-refractivity contribution in [3.63, 3.8) is 0 Å². The van der Waals surface area contributed by atoms with E-state index in [9.17, 15) is 4.79 Å². The minimum Gasteiger partial charge on any atom is -0.504 e. The highest BCUT2D eigenvalue weighted by molar-refractivity contribution is 5.88. The minimum atomic E-state index is -1.22. The van der Waals surface area contributed by atoms with Gasteiger partial charge in [-0.2, -0.15) is 5.10 Å². The summed E-state index contributed by atoms with van der Waals surface area (Å²) < 4.78 is 0. The van der Waals surface area contributed by atoms with Crippen LogP contribution in [-0.2, 0) is 0 Å². The lowest BCUT2D eigenvalue weighted by Crippen LogP contribution is -1.96. The maximum Gasteiger partial charge on any atom is 0.357 e. The lowest BCUT2D eigenvalue weighted by molar-refractivity contribution is 0.0687. The molecule has 0 saturated heterocycles. The van der Waals surface area contributed by atoms with E-state index in [1.54, 1.807) is 0 Å². The molecule has 0 amide bonds. The highest BCUT2D eigenvalue weighted by Gasteiger charge is 2.09. The Morgan fingerprint density at radius 1 is 1.78 bits per heavy atom. The molecule has 0 fully saturated rings. The van der Waals surface area contributed by atoms with Crippen molar-refractivity contribution in [3.05, 3.63) is 11.9 Å². The summed E-state index contributed by atoms with van der Waals surface area (Å²) in [6.07, 6.45) is 1.03. The summed E-state index contributed by atoms with van der Waals surface area (Å²) in [6, 6.07) is 0. The van der Waals surface area contributed by atoms with Crippen molar-refractivity contribution in [2.75, 3.05) is 0 Å². The number of hydrogen-bond donors (Lipinski definition) is 3. The molecule has 48 valence electrons. The summed E-state index contributed by atoms with van der Waals surface area (Å²) in [5, 5.41) is 22.3. The molecular weight excluding hydrogens is 124 g/mol. The molecule has 3 N–H and O–H groups in total.